The highest BCUT2D eigenvalue weighted by atomic mass is 35.5. The van der Waals surface area contributed by atoms with Gasteiger partial charge in [0.1, 0.15) is 18.1 Å². The van der Waals surface area contributed by atoms with Crippen molar-refractivity contribution in [1.29, 1.82) is 0 Å². The molecule has 10 heteroatoms. The Morgan fingerprint density at radius 3 is 2.52 bits per heavy atom. The summed E-state index contributed by atoms with van der Waals surface area (Å²) in [4.78, 5) is 6.96. The molecule has 2 unspecified atom stereocenters. The Morgan fingerprint density at radius 1 is 1.12 bits per heavy atom. The van der Waals surface area contributed by atoms with Gasteiger partial charge in [-0.15, -0.1) is 0 Å². The zero-order valence-corrected chi connectivity index (χ0v) is 20.6. The highest BCUT2D eigenvalue weighted by Gasteiger charge is 2.41. The SMILES string of the molecule is CS(=O)(=O)NC1CC2CCC(C1)N2CCOc1ccc(Oc2nc3cc(Cl)ccc3s2)cc1. The van der Waals surface area contributed by atoms with Crippen LogP contribution in [0.3, 0.4) is 0 Å². The van der Waals surface area contributed by atoms with Crippen LogP contribution in [0.5, 0.6) is 16.7 Å². The van der Waals surface area contributed by atoms with Gasteiger partial charge < -0.3 is 9.47 Å². The number of ether oxygens (including phenoxy) is 2. The molecule has 0 spiro atoms. The van der Waals surface area contributed by atoms with E-state index in [4.69, 9.17) is 21.1 Å². The fraction of sp³-hybridized carbons (Fsp3) is 0.435. The van der Waals surface area contributed by atoms with Gasteiger partial charge in [0, 0.05) is 29.7 Å². The van der Waals surface area contributed by atoms with Crippen LogP contribution in [0, 0.1) is 0 Å². The van der Waals surface area contributed by atoms with E-state index in [1.807, 2.05) is 42.5 Å². The fourth-order valence-corrected chi connectivity index (χ4v) is 6.71. The number of nitrogens with one attached hydrogen (secondary N) is 1. The quantitative estimate of drug-likeness (QED) is 0.477. The summed E-state index contributed by atoms with van der Waals surface area (Å²) in [7, 11) is -3.16. The molecule has 2 bridgehead atoms. The monoisotopic (exact) mass is 507 g/mol. The van der Waals surface area contributed by atoms with Gasteiger partial charge in [-0.2, -0.15) is 0 Å². The molecule has 0 radical (unpaired) electrons. The molecule has 0 aliphatic carbocycles. The number of nitrogens with zero attached hydrogens (tertiary/aromatic N) is 2. The predicted molar refractivity (Wildman–Crippen MR) is 131 cm³/mol. The van der Waals surface area contributed by atoms with Crippen LogP contribution < -0.4 is 14.2 Å². The highest BCUT2D eigenvalue weighted by Crippen LogP contribution is 2.36. The van der Waals surface area contributed by atoms with Crippen LogP contribution in [0.15, 0.2) is 42.5 Å². The summed E-state index contributed by atoms with van der Waals surface area (Å²) in [6.07, 6.45) is 5.22. The van der Waals surface area contributed by atoms with Crippen molar-refractivity contribution in [3.8, 4) is 16.7 Å². The number of benzene rings is 2. The number of hydrogen-bond donors (Lipinski definition) is 1. The smallest absolute Gasteiger partial charge is 0.279 e. The maximum Gasteiger partial charge on any atom is 0.279 e. The third kappa shape index (κ3) is 5.60. The Balaban J connectivity index is 1.12. The van der Waals surface area contributed by atoms with E-state index in [0.29, 0.717) is 34.7 Å². The van der Waals surface area contributed by atoms with Crippen LogP contribution in [0.2, 0.25) is 5.02 Å². The second-order valence-electron chi connectivity index (χ2n) is 8.69. The number of fused-ring (bicyclic) bond motifs is 3. The van der Waals surface area contributed by atoms with Crippen molar-refractivity contribution in [3.05, 3.63) is 47.5 Å². The molecule has 0 amide bonds. The number of piperidine rings is 1. The Hall–Kier alpha value is -1.91. The van der Waals surface area contributed by atoms with E-state index in [9.17, 15) is 8.42 Å². The minimum atomic E-state index is -3.16. The largest absolute Gasteiger partial charge is 0.492 e. The van der Waals surface area contributed by atoms with E-state index in [-0.39, 0.29) is 6.04 Å². The summed E-state index contributed by atoms with van der Waals surface area (Å²) < 4.78 is 38.8. The lowest BCUT2D eigenvalue weighted by atomic mass is 9.98. The second kappa shape index (κ2) is 9.38. The van der Waals surface area contributed by atoms with Gasteiger partial charge >= 0.3 is 0 Å². The third-order valence-electron chi connectivity index (χ3n) is 6.24. The molecule has 2 atom stereocenters. The molecule has 3 heterocycles. The number of halogens is 1. The maximum absolute atomic E-state index is 11.6. The van der Waals surface area contributed by atoms with Crippen LogP contribution in [-0.2, 0) is 10.0 Å². The molecule has 33 heavy (non-hydrogen) atoms. The van der Waals surface area contributed by atoms with Gasteiger partial charge in [0.05, 0.1) is 16.5 Å². The Bertz CT molecular complexity index is 1220. The summed E-state index contributed by atoms with van der Waals surface area (Å²) in [6.45, 7) is 1.43. The number of sulfonamides is 1. The normalized spacial score (nSPS) is 23.2. The van der Waals surface area contributed by atoms with E-state index in [2.05, 4.69) is 14.6 Å². The molecule has 2 saturated heterocycles. The Labute approximate surface area is 202 Å². The van der Waals surface area contributed by atoms with Gasteiger partial charge in [-0.25, -0.2) is 18.1 Å². The van der Waals surface area contributed by atoms with E-state index in [0.717, 1.165) is 48.2 Å². The van der Waals surface area contributed by atoms with Gasteiger partial charge in [0.2, 0.25) is 10.0 Å². The molecular formula is C23H26ClN3O4S2. The average molecular weight is 508 g/mol. The average Bonchev–Trinajstić information content (AvgIpc) is 3.24. The van der Waals surface area contributed by atoms with Crippen LogP contribution >= 0.6 is 22.9 Å². The molecule has 2 fully saturated rings. The van der Waals surface area contributed by atoms with Crippen LogP contribution in [0.25, 0.3) is 10.2 Å². The van der Waals surface area contributed by atoms with Crippen LogP contribution in [0.1, 0.15) is 25.7 Å². The molecular weight excluding hydrogens is 482 g/mol. The zero-order chi connectivity index (χ0) is 23.0. The van der Waals surface area contributed by atoms with Crippen molar-refractivity contribution in [1.82, 2.24) is 14.6 Å². The van der Waals surface area contributed by atoms with Crippen LogP contribution in [0.4, 0.5) is 0 Å². The van der Waals surface area contributed by atoms with Crippen LogP contribution in [-0.4, -0.2) is 55.8 Å². The first-order valence-electron chi connectivity index (χ1n) is 11.0. The molecule has 7 nitrogen and oxygen atoms in total. The standard InChI is InChI=1S/C23H26ClN3O4S2/c1-33(28,29)26-16-13-17-3-4-18(14-16)27(17)10-11-30-19-5-7-20(8-6-19)31-23-25-21-12-15(24)2-9-22(21)32-23/h2,5-9,12,16-18,26H,3-4,10-11,13-14H2,1H3. The Morgan fingerprint density at radius 2 is 1.82 bits per heavy atom. The summed E-state index contributed by atoms with van der Waals surface area (Å²) in [5.74, 6) is 1.49. The first-order valence-corrected chi connectivity index (χ1v) is 14.1. The van der Waals surface area contributed by atoms with Crippen molar-refractivity contribution in [2.24, 2.45) is 0 Å². The lowest BCUT2D eigenvalue weighted by Gasteiger charge is -2.38. The van der Waals surface area contributed by atoms with Gasteiger partial charge in [0.25, 0.3) is 5.19 Å². The van der Waals surface area contributed by atoms with Gasteiger partial charge in [-0.3, -0.25) is 4.90 Å². The van der Waals surface area contributed by atoms with E-state index >= 15 is 0 Å². The number of aromatic nitrogens is 1. The minimum absolute atomic E-state index is 0.0506. The summed E-state index contributed by atoms with van der Waals surface area (Å²) in [5.41, 5.74) is 0.826. The molecule has 5 rings (SSSR count). The fourth-order valence-electron chi connectivity index (χ4n) is 4.93. The van der Waals surface area contributed by atoms with E-state index in [1.54, 1.807) is 0 Å². The summed E-state index contributed by atoms with van der Waals surface area (Å²) in [6, 6.07) is 14.1. The first-order chi connectivity index (χ1) is 15.8. The van der Waals surface area contributed by atoms with Gasteiger partial charge in [0.15, 0.2) is 0 Å². The summed E-state index contributed by atoms with van der Waals surface area (Å²) >= 11 is 7.50. The number of thiazole rings is 1. The van der Waals surface area contributed by atoms with E-state index in [1.165, 1.54) is 17.6 Å². The molecule has 2 aliphatic heterocycles. The lowest BCUT2D eigenvalue weighted by molar-refractivity contribution is 0.103. The van der Waals surface area contributed by atoms with Crippen molar-refractivity contribution < 1.29 is 17.9 Å². The maximum atomic E-state index is 11.6. The molecule has 1 N–H and O–H groups in total. The van der Waals surface area contributed by atoms with Gasteiger partial charge in [-0.1, -0.05) is 22.9 Å². The number of hydrogen-bond acceptors (Lipinski definition) is 7. The molecule has 1 aromatic heterocycles. The molecule has 2 aromatic carbocycles. The zero-order valence-electron chi connectivity index (χ0n) is 18.2. The van der Waals surface area contributed by atoms with Crippen molar-refractivity contribution in [3.63, 3.8) is 0 Å². The Kier molecular flexibility index (Phi) is 6.50. The third-order valence-corrected chi connectivity index (χ3v) is 8.15. The van der Waals surface area contributed by atoms with E-state index < -0.39 is 10.0 Å². The van der Waals surface area contributed by atoms with Crippen molar-refractivity contribution >= 4 is 43.2 Å². The minimum Gasteiger partial charge on any atom is -0.492 e. The van der Waals surface area contributed by atoms with Gasteiger partial charge in [-0.05, 0) is 68.1 Å². The topological polar surface area (TPSA) is 80.8 Å². The lowest BCUT2D eigenvalue weighted by Crippen LogP contribution is -2.51. The predicted octanol–water partition coefficient (Wildman–Crippen LogP) is 4.67. The molecule has 176 valence electrons. The number of rotatable bonds is 8. The molecule has 2 aliphatic rings. The van der Waals surface area contributed by atoms with Crippen molar-refractivity contribution in [2.45, 2.75) is 43.8 Å². The molecule has 3 aromatic rings. The highest BCUT2D eigenvalue weighted by molar-refractivity contribution is 7.88. The van der Waals surface area contributed by atoms with Crippen molar-refractivity contribution in [2.75, 3.05) is 19.4 Å². The second-order valence-corrected chi connectivity index (χ2v) is 11.9. The molecule has 0 saturated carbocycles. The first kappa shape index (κ1) is 22.9. The summed E-state index contributed by atoms with van der Waals surface area (Å²) in [5, 5.41) is 1.23.